The predicted octanol–water partition coefficient (Wildman–Crippen LogP) is 2.93. The Balaban J connectivity index is 1.55. The van der Waals surface area contributed by atoms with Crippen LogP contribution in [0.1, 0.15) is 50.9 Å². The van der Waals surface area contributed by atoms with Gasteiger partial charge in [0.1, 0.15) is 11.4 Å². The van der Waals surface area contributed by atoms with Crippen LogP contribution in [0.5, 0.6) is 0 Å². The van der Waals surface area contributed by atoms with Gasteiger partial charge in [-0.1, -0.05) is 0 Å². The Morgan fingerprint density at radius 3 is 2.32 bits per heavy atom. The molecular formula is C26H38N8O4. The van der Waals surface area contributed by atoms with Gasteiger partial charge < -0.3 is 36.6 Å². The third-order valence-electron chi connectivity index (χ3n) is 5.85. The molecule has 0 bridgehead atoms. The van der Waals surface area contributed by atoms with Crippen LogP contribution in [-0.2, 0) is 9.53 Å². The van der Waals surface area contributed by atoms with E-state index < -0.39 is 11.5 Å². The topological polar surface area (TPSA) is 164 Å². The first-order valence-electron chi connectivity index (χ1n) is 12.7. The zero-order valence-electron chi connectivity index (χ0n) is 22.5. The number of hydrogen-bond acceptors (Lipinski definition) is 9. The zero-order valence-corrected chi connectivity index (χ0v) is 22.5. The third-order valence-corrected chi connectivity index (χ3v) is 5.85. The highest BCUT2D eigenvalue weighted by atomic mass is 16.6. The van der Waals surface area contributed by atoms with E-state index in [1.54, 1.807) is 4.90 Å². The summed E-state index contributed by atoms with van der Waals surface area (Å²) in [5.74, 6) is 0.301. The summed E-state index contributed by atoms with van der Waals surface area (Å²) in [4.78, 5) is 45.6. The summed E-state index contributed by atoms with van der Waals surface area (Å²) in [6, 6.07) is 7.54. The molecule has 1 saturated heterocycles. The number of amides is 3. The Labute approximate surface area is 223 Å². The number of primary amides is 1. The number of hydrogen-bond donors (Lipinski definition) is 5. The van der Waals surface area contributed by atoms with Crippen molar-refractivity contribution in [3.05, 3.63) is 36.0 Å². The minimum Gasteiger partial charge on any atom is -0.444 e. The standard InChI is InChI=1S/C26H38N8O4/c1-17(35)28-11-12-29-19-5-7-20(8-6-19)32-24-31-16-21(22(27)36)23(33-24)30-15-18-9-13-34(14-10-18)25(37)38-26(2,3)4/h5-8,16,18,29H,9-15H2,1-4H3,(H2,27,36)(H,28,35)(H2,30,31,32,33). The molecule has 3 amide bonds. The fraction of sp³-hybridized carbons (Fsp3) is 0.500. The van der Waals surface area contributed by atoms with Crippen LogP contribution >= 0.6 is 0 Å². The van der Waals surface area contributed by atoms with Crippen LogP contribution in [0.3, 0.4) is 0 Å². The molecule has 0 aliphatic carbocycles. The lowest BCUT2D eigenvalue weighted by Gasteiger charge is -2.33. The van der Waals surface area contributed by atoms with E-state index in [9.17, 15) is 14.4 Å². The van der Waals surface area contributed by atoms with E-state index in [0.29, 0.717) is 50.4 Å². The monoisotopic (exact) mass is 526 g/mol. The molecule has 2 aromatic rings. The molecule has 1 aromatic carbocycles. The van der Waals surface area contributed by atoms with Gasteiger partial charge >= 0.3 is 6.09 Å². The Morgan fingerprint density at radius 2 is 1.71 bits per heavy atom. The number of ether oxygens (including phenoxy) is 1. The van der Waals surface area contributed by atoms with Crippen molar-refractivity contribution >= 4 is 41.0 Å². The number of piperidine rings is 1. The van der Waals surface area contributed by atoms with Crippen molar-refractivity contribution in [2.24, 2.45) is 11.7 Å². The van der Waals surface area contributed by atoms with Crippen molar-refractivity contribution < 1.29 is 19.1 Å². The Bertz CT molecular complexity index is 1110. The quantitative estimate of drug-likeness (QED) is 0.293. The number of anilines is 4. The summed E-state index contributed by atoms with van der Waals surface area (Å²) in [7, 11) is 0. The smallest absolute Gasteiger partial charge is 0.410 e. The highest BCUT2D eigenvalue weighted by Gasteiger charge is 2.27. The Kier molecular flexibility index (Phi) is 9.69. The molecule has 2 heterocycles. The minimum absolute atomic E-state index is 0.0638. The first kappa shape index (κ1) is 28.5. The SMILES string of the molecule is CC(=O)NCCNc1ccc(Nc2ncc(C(N)=O)c(NCC3CCN(C(=O)OC(C)(C)C)CC3)n2)cc1. The highest BCUT2D eigenvalue weighted by molar-refractivity contribution is 5.97. The number of likely N-dealkylation sites (tertiary alicyclic amines) is 1. The molecular weight excluding hydrogens is 488 g/mol. The van der Waals surface area contributed by atoms with Crippen LogP contribution in [0, 0.1) is 5.92 Å². The summed E-state index contributed by atoms with van der Waals surface area (Å²) in [6.45, 7) is 9.99. The lowest BCUT2D eigenvalue weighted by molar-refractivity contribution is -0.118. The van der Waals surface area contributed by atoms with Crippen LogP contribution in [0.15, 0.2) is 30.5 Å². The van der Waals surface area contributed by atoms with Crippen molar-refractivity contribution in [1.29, 1.82) is 0 Å². The molecule has 12 heteroatoms. The maximum Gasteiger partial charge on any atom is 0.410 e. The van der Waals surface area contributed by atoms with Crippen LogP contribution in [0.2, 0.25) is 0 Å². The van der Waals surface area contributed by atoms with E-state index in [4.69, 9.17) is 10.5 Å². The molecule has 0 unspecified atom stereocenters. The number of rotatable bonds is 10. The first-order valence-corrected chi connectivity index (χ1v) is 12.7. The summed E-state index contributed by atoms with van der Waals surface area (Å²) in [5, 5.41) is 12.3. The number of carbonyl (C=O) groups is 3. The second kappa shape index (κ2) is 12.9. The van der Waals surface area contributed by atoms with E-state index in [1.165, 1.54) is 13.1 Å². The van der Waals surface area contributed by atoms with Gasteiger partial charge in [-0.15, -0.1) is 0 Å². The van der Waals surface area contributed by atoms with Gasteiger partial charge in [-0.2, -0.15) is 4.98 Å². The molecule has 1 aromatic heterocycles. The van der Waals surface area contributed by atoms with Gasteiger partial charge in [-0.25, -0.2) is 9.78 Å². The molecule has 1 fully saturated rings. The van der Waals surface area contributed by atoms with E-state index in [2.05, 4.69) is 31.2 Å². The molecule has 206 valence electrons. The Hall–Kier alpha value is -4.09. The van der Waals surface area contributed by atoms with Crippen molar-refractivity contribution in [1.82, 2.24) is 20.2 Å². The van der Waals surface area contributed by atoms with Gasteiger partial charge in [0.25, 0.3) is 5.91 Å². The molecule has 1 aliphatic heterocycles. The average molecular weight is 527 g/mol. The average Bonchev–Trinajstić information content (AvgIpc) is 2.85. The minimum atomic E-state index is -0.617. The second-order valence-electron chi connectivity index (χ2n) is 10.2. The van der Waals surface area contributed by atoms with E-state index in [-0.39, 0.29) is 17.6 Å². The number of carbonyl (C=O) groups excluding carboxylic acids is 3. The van der Waals surface area contributed by atoms with Crippen LogP contribution in [0.25, 0.3) is 0 Å². The van der Waals surface area contributed by atoms with Crippen LogP contribution in [0.4, 0.5) is 27.9 Å². The third kappa shape index (κ3) is 9.09. The van der Waals surface area contributed by atoms with Gasteiger partial charge in [0, 0.05) is 57.2 Å². The largest absolute Gasteiger partial charge is 0.444 e. The lowest BCUT2D eigenvalue weighted by Crippen LogP contribution is -2.42. The fourth-order valence-electron chi connectivity index (χ4n) is 3.89. The van der Waals surface area contributed by atoms with Crippen molar-refractivity contribution in [3.63, 3.8) is 0 Å². The van der Waals surface area contributed by atoms with E-state index in [0.717, 1.165) is 24.2 Å². The summed E-state index contributed by atoms with van der Waals surface area (Å²) < 4.78 is 5.46. The highest BCUT2D eigenvalue weighted by Crippen LogP contribution is 2.23. The van der Waals surface area contributed by atoms with E-state index in [1.807, 2.05) is 45.0 Å². The predicted molar refractivity (Wildman–Crippen MR) is 146 cm³/mol. The zero-order chi connectivity index (χ0) is 27.7. The maximum absolute atomic E-state index is 12.3. The van der Waals surface area contributed by atoms with Crippen molar-refractivity contribution in [2.75, 3.05) is 48.7 Å². The molecule has 3 rings (SSSR count). The van der Waals surface area contributed by atoms with Gasteiger partial charge in [-0.3, -0.25) is 9.59 Å². The lowest BCUT2D eigenvalue weighted by atomic mass is 9.97. The molecule has 1 aliphatic rings. The van der Waals surface area contributed by atoms with Gasteiger partial charge in [-0.05, 0) is 63.8 Å². The van der Waals surface area contributed by atoms with Crippen LogP contribution < -0.4 is 27.0 Å². The van der Waals surface area contributed by atoms with Crippen molar-refractivity contribution in [2.45, 2.75) is 46.1 Å². The van der Waals surface area contributed by atoms with E-state index >= 15 is 0 Å². The van der Waals surface area contributed by atoms with Crippen LogP contribution in [-0.4, -0.2) is 71.1 Å². The number of nitrogens with one attached hydrogen (secondary N) is 4. The molecule has 38 heavy (non-hydrogen) atoms. The number of nitrogens with two attached hydrogens (primary N) is 1. The second-order valence-corrected chi connectivity index (χ2v) is 10.2. The summed E-state index contributed by atoms with van der Waals surface area (Å²) in [5.41, 5.74) is 6.91. The number of nitrogens with zero attached hydrogens (tertiary/aromatic N) is 3. The number of benzene rings is 1. The molecule has 0 saturated carbocycles. The summed E-state index contributed by atoms with van der Waals surface area (Å²) >= 11 is 0. The molecule has 0 atom stereocenters. The van der Waals surface area contributed by atoms with Gasteiger partial charge in [0.05, 0.1) is 5.56 Å². The van der Waals surface area contributed by atoms with Gasteiger partial charge in [0.15, 0.2) is 0 Å². The van der Waals surface area contributed by atoms with Gasteiger partial charge in [0.2, 0.25) is 11.9 Å². The number of aromatic nitrogens is 2. The fourth-order valence-corrected chi connectivity index (χ4v) is 3.89. The molecule has 0 spiro atoms. The molecule has 12 nitrogen and oxygen atoms in total. The summed E-state index contributed by atoms with van der Waals surface area (Å²) in [6.07, 6.45) is 2.72. The maximum atomic E-state index is 12.3. The molecule has 6 N–H and O–H groups in total. The molecule has 0 radical (unpaired) electrons. The normalized spacial score (nSPS) is 13.9. The Morgan fingerprint density at radius 1 is 1.05 bits per heavy atom. The first-order chi connectivity index (χ1) is 18.0. The van der Waals surface area contributed by atoms with Crippen molar-refractivity contribution in [3.8, 4) is 0 Å².